The molecule has 9 unspecified atom stereocenters. The van der Waals surface area contributed by atoms with Gasteiger partial charge in [0.2, 0.25) is 0 Å². The summed E-state index contributed by atoms with van der Waals surface area (Å²) in [6, 6.07) is 0. The highest BCUT2D eigenvalue weighted by Crippen LogP contribution is 2.55. The van der Waals surface area contributed by atoms with Crippen LogP contribution in [0.4, 0.5) is 5.69 Å². The fourth-order valence-corrected chi connectivity index (χ4v) is 7.19. The second-order valence-corrected chi connectivity index (χ2v) is 15.2. The predicted octanol–water partition coefficient (Wildman–Crippen LogP) is 6.07. The van der Waals surface area contributed by atoms with Crippen LogP contribution in [0.25, 0.3) is 10.8 Å². The second-order valence-electron chi connectivity index (χ2n) is 15.2. The molecule has 2 aromatic rings. The maximum Gasteiger partial charge on any atom is 0.312 e. The Morgan fingerprint density at radius 2 is 1.67 bits per heavy atom. The zero-order chi connectivity index (χ0) is 43.4. The van der Waals surface area contributed by atoms with E-state index in [4.69, 9.17) is 23.8 Å². The van der Waals surface area contributed by atoms with Crippen molar-refractivity contribution in [2.45, 2.75) is 98.9 Å². The largest absolute Gasteiger partial charge is 0.507 e. The molecule has 3 heterocycles. The van der Waals surface area contributed by atoms with Crippen molar-refractivity contribution in [3.63, 3.8) is 0 Å². The number of Topliss-reactive ketones (excluding diaryl/α,β-unsaturated/α-hetero) is 1. The van der Waals surface area contributed by atoms with E-state index in [0.717, 1.165) is 6.21 Å². The SMILES string of the molecule is C=C(CC)CO/N=C\c1c2c(O)c3c(O)c(C)c4c(c3c1O)C(=O)C(C)(O/C=C/C(OC)C(C)C(OC(C)=O)C(C)C(O)C(C)C(O)C(C)/C=C/C=C(\C)C(=O)N2)O4. The van der Waals surface area contributed by atoms with E-state index in [9.17, 15) is 39.9 Å². The molecule has 316 valence electrons. The number of carbonyl (C=O) groups is 3. The summed E-state index contributed by atoms with van der Waals surface area (Å²) < 4.78 is 23.5. The van der Waals surface area contributed by atoms with E-state index in [1.165, 1.54) is 53.2 Å². The lowest BCUT2D eigenvalue weighted by atomic mass is 9.78. The topological polar surface area (TPSA) is 223 Å². The Labute approximate surface area is 338 Å². The Kier molecular flexibility index (Phi) is 14.4. The fraction of sp³-hybridized carbons (Fsp3) is 0.488. The van der Waals surface area contributed by atoms with Gasteiger partial charge in [-0.05, 0) is 31.9 Å². The van der Waals surface area contributed by atoms with Crippen molar-refractivity contribution in [2.24, 2.45) is 28.8 Å². The fourth-order valence-electron chi connectivity index (χ4n) is 7.19. The number of methoxy groups -OCH3 is 1. The lowest BCUT2D eigenvalue weighted by Gasteiger charge is -2.38. The van der Waals surface area contributed by atoms with Gasteiger partial charge in [0.15, 0.2) is 5.75 Å². The average molecular weight is 809 g/mol. The van der Waals surface area contributed by atoms with Crippen LogP contribution < -0.4 is 10.1 Å². The van der Waals surface area contributed by atoms with Crippen LogP contribution in [0.3, 0.4) is 0 Å². The number of ether oxygens (including phenoxy) is 4. The van der Waals surface area contributed by atoms with Crippen LogP contribution in [0, 0.1) is 30.6 Å². The van der Waals surface area contributed by atoms with E-state index in [1.807, 2.05) is 6.92 Å². The summed E-state index contributed by atoms with van der Waals surface area (Å²) in [4.78, 5) is 45.6. The van der Waals surface area contributed by atoms with Crippen LogP contribution in [0.5, 0.6) is 23.0 Å². The molecule has 1 amide bonds. The molecule has 0 fully saturated rings. The number of allylic oxidation sites excluding steroid dienone is 2. The van der Waals surface area contributed by atoms with Gasteiger partial charge in [-0.25, -0.2) is 0 Å². The number of benzene rings is 2. The molecule has 0 radical (unpaired) electrons. The van der Waals surface area contributed by atoms with Crippen molar-refractivity contribution in [3.8, 4) is 23.0 Å². The quantitative estimate of drug-likeness (QED) is 0.0467. The molecule has 0 aliphatic carbocycles. The van der Waals surface area contributed by atoms with Gasteiger partial charge in [-0.3, -0.25) is 14.4 Å². The third kappa shape index (κ3) is 9.01. The maximum absolute atomic E-state index is 14.3. The number of fused-ring (bicyclic) bond motifs is 14. The van der Waals surface area contributed by atoms with E-state index in [2.05, 4.69) is 17.1 Å². The number of nitrogens with one attached hydrogen (secondary N) is 1. The van der Waals surface area contributed by atoms with Crippen molar-refractivity contribution in [2.75, 3.05) is 19.0 Å². The number of phenolic OH excluding ortho intramolecular Hbond substituents is 3. The Hall–Kier alpha value is -5.38. The molecule has 15 heteroatoms. The van der Waals surface area contributed by atoms with E-state index in [1.54, 1.807) is 39.8 Å². The number of oxime groups is 1. The van der Waals surface area contributed by atoms with Gasteiger partial charge < -0.3 is 54.6 Å². The summed E-state index contributed by atoms with van der Waals surface area (Å²) in [7, 11) is 1.42. The summed E-state index contributed by atoms with van der Waals surface area (Å²) in [5, 5.41) is 63.8. The van der Waals surface area contributed by atoms with Crippen molar-refractivity contribution < 1.29 is 63.7 Å². The van der Waals surface area contributed by atoms with Gasteiger partial charge in [0, 0.05) is 61.2 Å². The number of esters is 1. The van der Waals surface area contributed by atoms with E-state index < -0.39 is 88.8 Å². The smallest absolute Gasteiger partial charge is 0.312 e. The number of aliphatic hydroxyl groups excluding tert-OH is 2. The van der Waals surface area contributed by atoms with Crippen LogP contribution >= 0.6 is 0 Å². The molecule has 15 nitrogen and oxygen atoms in total. The Morgan fingerprint density at radius 3 is 2.29 bits per heavy atom. The number of nitrogens with zero attached hydrogens (tertiary/aromatic N) is 1. The molecule has 3 aliphatic heterocycles. The molecule has 6 N–H and O–H groups in total. The highest BCUT2D eigenvalue weighted by atomic mass is 16.7. The molecule has 3 aliphatic rings. The molecule has 2 aromatic carbocycles. The Morgan fingerprint density at radius 1 is 1.00 bits per heavy atom. The number of hydrogen-bond donors (Lipinski definition) is 6. The van der Waals surface area contributed by atoms with Crippen LogP contribution in [-0.4, -0.2) is 93.3 Å². The minimum Gasteiger partial charge on any atom is -0.507 e. The van der Waals surface area contributed by atoms with Crippen LogP contribution in [0.2, 0.25) is 0 Å². The third-order valence-corrected chi connectivity index (χ3v) is 11.1. The molecule has 0 saturated heterocycles. The second kappa shape index (κ2) is 18.5. The highest BCUT2D eigenvalue weighted by molar-refractivity contribution is 6.23. The number of amides is 1. The lowest BCUT2D eigenvalue weighted by molar-refractivity contribution is -0.160. The molecule has 58 heavy (non-hydrogen) atoms. The minimum atomic E-state index is -2.07. The van der Waals surface area contributed by atoms with Crippen molar-refractivity contribution >= 4 is 40.3 Å². The zero-order valence-electron chi connectivity index (χ0n) is 34.7. The number of aromatic hydroxyl groups is 3. The molecule has 0 saturated carbocycles. The molecular formula is C43H56N2O13. The first-order valence-corrected chi connectivity index (χ1v) is 19.1. The number of phenols is 3. The first-order valence-electron chi connectivity index (χ1n) is 19.1. The van der Waals surface area contributed by atoms with Gasteiger partial charge in [-0.15, -0.1) is 0 Å². The lowest BCUT2D eigenvalue weighted by Crippen LogP contribution is -2.46. The summed E-state index contributed by atoms with van der Waals surface area (Å²) in [5.74, 6) is -8.72. The van der Waals surface area contributed by atoms with Gasteiger partial charge in [-0.2, -0.15) is 0 Å². The minimum absolute atomic E-state index is 0.0272. The van der Waals surface area contributed by atoms with E-state index in [0.29, 0.717) is 12.0 Å². The van der Waals surface area contributed by atoms with E-state index >= 15 is 0 Å². The van der Waals surface area contributed by atoms with Gasteiger partial charge in [-0.1, -0.05) is 64.6 Å². The monoisotopic (exact) mass is 808 g/mol. The first kappa shape index (κ1) is 45.3. The van der Waals surface area contributed by atoms with Crippen molar-refractivity contribution in [1.29, 1.82) is 0 Å². The number of ketones is 1. The number of rotatable bonds is 7. The molecular weight excluding hydrogens is 752 g/mol. The normalized spacial score (nSPS) is 30.3. The first-order chi connectivity index (χ1) is 27.2. The van der Waals surface area contributed by atoms with Gasteiger partial charge in [0.1, 0.15) is 30.0 Å². The third-order valence-electron chi connectivity index (χ3n) is 11.1. The number of anilines is 1. The Balaban J connectivity index is 1.97. The number of hydrogen-bond acceptors (Lipinski definition) is 14. The highest BCUT2D eigenvalue weighted by Gasteiger charge is 2.50. The summed E-state index contributed by atoms with van der Waals surface area (Å²) >= 11 is 0. The summed E-state index contributed by atoms with van der Waals surface area (Å²) in [5.41, 5.74) is 0.0454. The van der Waals surface area contributed by atoms with E-state index in [-0.39, 0.29) is 51.1 Å². The zero-order valence-corrected chi connectivity index (χ0v) is 34.7. The van der Waals surface area contributed by atoms with Gasteiger partial charge in [0.05, 0.1) is 53.0 Å². The summed E-state index contributed by atoms with van der Waals surface area (Å²) in [6.07, 6.45) is 5.07. The van der Waals surface area contributed by atoms with Crippen LogP contribution in [-0.2, 0) is 28.6 Å². The van der Waals surface area contributed by atoms with Crippen LogP contribution in [0.1, 0.15) is 83.3 Å². The molecule has 0 aromatic heterocycles. The molecule has 5 rings (SSSR count). The standard InChI is InChI=1S/C43H56N2O13/c1-12-20(2)19-56-44-18-28-33-38(51)31-30(37(28)50)32-40(26(8)36(31)49)58-43(10,41(32)52)55-17-16-29(54-11)23(5)39(57-27(9)46)25(7)35(48)24(6)34(47)21(3)14-13-15-22(4)42(53)45-33/h13-18,21,23-25,29,34-35,39,47-51H,2,12,19H2,1,3-11H3,(H,45,53)/b14-13+,17-16+,22-15+,44-18-. The summed E-state index contributed by atoms with van der Waals surface area (Å²) in [6.45, 7) is 18.2. The molecule has 9 atom stereocenters. The van der Waals surface area contributed by atoms with Gasteiger partial charge >= 0.3 is 11.8 Å². The van der Waals surface area contributed by atoms with Crippen molar-refractivity contribution in [3.05, 3.63) is 65.0 Å². The average Bonchev–Trinajstić information content (AvgIpc) is 3.45. The van der Waals surface area contributed by atoms with Crippen molar-refractivity contribution in [1.82, 2.24) is 0 Å². The number of aliphatic hydroxyl groups is 2. The molecule has 5 bridgehead atoms. The maximum atomic E-state index is 14.3. The Bertz CT molecular complexity index is 2050. The van der Waals surface area contributed by atoms with Crippen LogP contribution in [0.15, 0.2) is 53.4 Å². The number of carbonyl (C=O) groups excluding carboxylic acids is 3. The molecule has 0 spiro atoms. The predicted molar refractivity (Wildman–Crippen MR) is 217 cm³/mol. The van der Waals surface area contributed by atoms with Gasteiger partial charge in [0.25, 0.3) is 11.7 Å².